The number of amides is 3. The summed E-state index contributed by atoms with van der Waals surface area (Å²) in [4.78, 5) is 35.1. The first-order valence-corrected chi connectivity index (χ1v) is 8.01. The van der Waals surface area contributed by atoms with E-state index in [-0.39, 0.29) is 9.90 Å². The molecule has 0 aliphatic carbocycles. The van der Waals surface area contributed by atoms with Gasteiger partial charge in [0, 0.05) is 22.2 Å². The van der Waals surface area contributed by atoms with Gasteiger partial charge in [-0.25, -0.2) is 9.59 Å². The molecule has 122 valence electrons. The van der Waals surface area contributed by atoms with Gasteiger partial charge in [-0.1, -0.05) is 29.3 Å². The van der Waals surface area contributed by atoms with Crippen molar-refractivity contribution in [3.63, 3.8) is 0 Å². The fourth-order valence-corrected chi connectivity index (χ4v) is 3.38. The lowest BCUT2D eigenvalue weighted by molar-refractivity contribution is -0.127. The van der Waals surface area contributed by atoms with Gasteiger partial charge in [0.25, 0.3) is 5.91 Å². The Morgan fingerprint density at radius 2 is 1.96 bits per heavy atom. The SMILES string of the molecule is CNC(=O)NC(=O)[C@@H](C)OC(=O)c1sc2cc(Cl)ccc2c1Cl. The molecule has 1 aromatic carbocycles. The molecule has 23 heavy (non-hydrogen) atoms. The summed E-state index contributed by atoms with van der Waals surface area (Å²) in [6.45, 7) is 1.36. The predicted molar refractivity (Wildman–Crippen MR) is 89.3 cm³/mol. The molecule has 0 saturated carbocycles. The van der Waals surface area contributed by atoms with Gasteiger partial charge in [0.15, 0.2) is 6.10 Å². The van der Waals surface area contributed by atoms with Crippen molar-refractivity contribution in [2.45, 2.75) is 13.0 Å². The standard InChI is InChI=1S/C14H12Cl2N2O4S/c1-6(12(19)18-14(21)17-2)22-13(20)11-10(16)8-4-3-7(15)5-9(8)23-11/h3-6H,1-2H3,(H2,17,18,19,21)/t6-/m1/s1. The van der Waals surface area contributed by atoms with Crippen LogP contribution in [0.3, 0.4) is 0 Å². The van der Waals surface area contributed by atoms with Gasteiger partial charge in [-0.05, 0) is 19.1 Å². The molecule has 2 rings (SSSR count). The van der Waals surface area contributed by atoms with Crippen LogP contribution in [-0.4, -0.2) is 31.1 Å². The fraction of sp³-hybridized carbons (Fsp3) is 0.214. The quantitative estimate of drug-likeness (QED) is 0.807. The molecule has 1 atom stereocenters. The average molecular weight is 375 g/mol. The minimum Gasteiger partial charge on any atom is -0.448 e. The van der Waals surface area contributed by atoms with Gasteiger partial charge in [-0.2, -0.15) is 0 Å². The molecule has 0 saturated heterocycles. The number of imide groups is 1. The Morgan fingerprint density at radius 1 is 1.26 bits per heavy atom. The molecule has 0 spiro atoms. The molecule has 0 aliphatic heterocycles. The van der Waals surface area contributed by atoms with Gasteiger partial charge < -0.3 is 10.1 Å². The summed E-state index contributed by atoms with van der Waals surface area (Å²) in [7, 11) is 1.36. The van der Waals surface area contributed by atoms with Crippen LogP contribution in [0.4, 0.5) is 4.79 Å². The van der Waals surface area contributed by atoms with E-state index in [4.69, 9.17) is 27.9 Å². The summed E-state index contributed by atoms with van der Waals surface area (Å²) in [5.74, 6) is -1.48. The molecule has 1 heterocycles. The lowest BCUT2D eigenvalue weighted by atomic mass is 10.2. The van der Waals surface area contributed by atoms with Crippen molar-refractivity contribution >= 4 is 62.5 Å². The van der Waals surface area contributed by atoms with E-state index < -0.39 is 24.0 Å². The molecule has 2 aromatic rings. The van der Waals surface area contributed by atoms with Crippen molar-refractivity contribution in [2.24, 2.45) is 0 Å². The molecule has 0 bridgehead atoms. The van der Waals surface area contributed by atoms with Crippen molar-refractivity contribution in [3.05, 3.63) is 33.1 Å². The molecular weight excluding hydrogens is 363 g/mol. The zero-order valence-electron chi connectivity index (χ0n) is 12.1. The van der Waals surface area contributed by atoms with Crippen LogP contribution < -0.4 is 10.6 Å². The molecular formula is C14H12Cl2N2O4S. The minimum absolute atomic E-state index is 0.170. The maximum Gasteiger partial charge on any atom is 0.350 e. The van der Waals surface area contributed by atoms with Crippen LogP contribution >= 0.6 is 34.5 Å². The highest BCUT2D eigenvalue weighted by molar-refractivity contribution is 7.21. The number of fused-ring (bicyclic) bond motifs is 1. The summed E-state index contributed by atoms with van der Waals surface area (Å²) < 4.78 is 5.78. The Morgan fingerprint density at radius 3 is 2.61 bits per heavy atom. The first-order chi connectivity index (χ1) is 10.8. The smallest absolute Gasteiger partial charge is 0.350 e. The van der Waals surface area contributed by atoms with Crippen molar-refractivity contribution < 1.29 is 19.1 Å². The maximum absolute atomic E-state index is 12.2. The number of hydrogen-bond donors (Lipinski definition) is 2. The van der Waals surface area contributed by atoms with Crippen LogP contribution in [0.1, 0.15) is 16.6 Å². The first kappa shape index (κ1) is 17.5. The molecule has 9 heteroatoms. The highest BCUT2D eigenvalue weighted by Crippen LogP contribution is 2.37. The van der Waals surface area contributed by atoms with Crippen molar-refractivity contribution in [2.75, 3.05) is 7.05 Å². The predicted octanol–water partition coefficient (Wildman–Crippen LogP) is 3.21. The van der Waals surface area contributed by atoms with E-state index in [0.29, 0.717) is 10.4 Å². The number of thiophene rings is 1. The Hall–Kier alpha value is -1.83. The van der Waals surface area contributed by atoms with Crippen LogP contribution in [-0.2, 0) is 9.53 Å². The molecule has 0 fully saturated rings. The first-order valence-electron chi connectivity index (χ1n) is 6.44. The van der Waals surface area contributed by atoms with E-state index in [0.717, 1.165) is 16.0 Å². The van der Waals surface area contributed by atoms with Crippen LogP contribution in [0, 0.1) is 0 Å². The molecule has 0 unspecified atom stereocenters. The third-order valence-corrected chi connectivity index (χ3v) is 4.77. The third kappa shape index (κ3) is 3.93. The van der Waals surface area contributed by atoms with E-state index in [9.17, 15) is 14.4 Å². The Labute approximate surface area is 145 Å². The number of benzene rings is 1. The van der Waals surface area contributed by atoms with Crippen molar-refractivity contribution in [3.8, 4) is 0 Å². The lowest BCUT2D eigenvalue weighted by Gasteiger charge is -2.12. The molecule has 0 radical (unpaired) electrons. The number of urea groups is 1. The second kappa shape index (κ2) is 7.16. The van der Waals surface area contributed by atoms with Crippen molar-refractivity contribution in [1.82, 2.24) is 10.6 Å². The molecule has 0 aliphatic rings. The van der Waals surface area contributed by atoms with Gasteiger partial charge in [-0.3, -0.25) is 10.1 Å². The molecule has 1 aromatic heterocycles. The van der Waals surface area contributed by atoms with Crippen LogP contribution in [0.25, 0.3) is 10.1 Å². The second-order valence-corrected chi connectivity index (χ2v) is 6.37. The number of halogens is 2. The fourth-order valence-electron chi connectivity index (χ4n) is 1.71. The lowest BCUT2D eigenvalue weighted by Crippen LogP contribution is -2.43. The number of rotatable bonds is 3. The average Bonchev–Trinajstić information content (AvgIpc) is 2.83. The van der Waals surface area contributed by atoms with E-state index in [2.05, 4.69) is 5.32 Å². The normalized spacial score (nSPS) is 11.8. The summed E-state index contributed by atoms with van der Waals surface area (Å²) in [5.41, 5.74) is 0. The van der Waals surface area contributed by atoms with Crippen molar-refractivity contribution in [1.29, 1.82) is 0 Å². The van der Waals surface area contributed by atoms with Gasteiger partial charge in [0.2, 0.25) is 0 Å². The Kier molecular flexibility index (Phi) is 5.46. The summed E-state index contributed by atoms with van der Waals surface area (Å²) >= 11 is 13.2. The zero-order valence-corrected chi connectivity index (χ0v) is 14.4. The van der Waals surface area contributed by atoms with Crippen LogP contribution in [0.15, 0.2) is 18.2 Å². The number of nitrogens with one attached hydrogen (secondary N) is 2. The van der Waals surface area contributed by atoms with E-state index in [1.54, 1.807) is 18.2 Å². The minimum atomic E-state index is -1.15. The Bertz CT molecular complexity index is 790. The van der Waals surface area contributed by atoms with Crippen LogP contribution in [0.2, 0.25) is 10.0 Å². The molecule has 3 amide bonds. The van der Waals surface area contributed by atoms with E-state index in [1.165, 1.54) is 14.0 Å². The highest BCUT2D eigenvalue weighted by Gasteiger charge is 2.24. The number of carbonyl (C=O) groups excluding carboxylic acids is 3. The van der Waals surface area contributed by atoms with E-state index in [1.807, 2.05) is 5.32 Å². The maximum atomic E-state index is 12.2. The third-order valence-electron chi connectivity index (χ3n) is 2.89. The highest BCUT2D eigenvalue weighted by atomic mass is 35.5. The monoisotopic (exact) mass is 374 g/mol. The summed E-state index contributed by atoms with van der Waals surface area (Å²) in [6.07, 6.45) is -1.15. The van der Waals surface area contributed by atoms with Gasteiger partial charge >= 0.3 is 12.0 Å². The van der Waals surface area contributed by atoms with Gasteiger partial charge in [-0.15, -0.1) is 11.3 Å². The topological polar surface area (TPSA) is 84.5 Å². The molecule has 6 nitrogen and oxygen atoms in total. The number of ether oxygens (including phenoxy) is 1. The van der Waals surface area contributed by atoms with Gasteiger partial charge in [0.05, 0.1) is 5.02 Å². The number of esters is 1. The number of hydrogen-bond acceptors (Lipinski definition) is 5. The largest absolute Gasteiger partial charge is 0.448 e. The second-order valence-electron chi connectivity index (χ2n) is 4.50. The summed E-state index contributed by atoms with van der Waals surface area (Å²) in [6, 6.07) is 4.37. The van der Waals surface area contributed by atoms with E-state index >= 15 is 0 Å². The van der Waals surface area contributed by atoms with Gasteiger partial charge in [0.1, 0.15) is 4.88 Å². The summed E-state index contributed by atoms with van der Waals surface area (Å²) in [5, 5.41) is 5.69. The Balaban J connectivity index is 2.16. The zero-order chi connectivity index (χ0) is 17.1. The number of carbonyl (C=O) groups is 3. The molecule has 2 N–H and O–H groups in total. The van der Waals surface area contributed by atoms with Crippen LogP contribution in [0.5, 0.6) is 0 Å².